The van der Waals surface area contributed by atoms with Gasteiger partial charge in [0.1, 0.15) is 17.3 Å². The molecule has 0 saturated carbocycles. The van der Waals surface area contributed by atoms with Crippen molar-refractivity contribution < 1.29 is 9.53 Å². The van der Waals surface area contributed by atoms with E-state index >= 15 is 0 Å². The first kappa shape index (κ1) is 13.9. The summed E-state index contributed by atoms with van der Waals surface area (Å²) in [6.45, 7) is 3.21. The first-order valence-electron chi connectivity index (χ1n) is 6.86. The fourth-order valence-electron chi connectivity index (χ4n) is 2.39. The molecule has 2 aromatic heterocycles. The van der Waals surface area contributed by atoms with Crippen LogP contribution < -0.4 is 4.74 Å². The van der Waals surface area contributed by atoms with Crippen LogP contribution in [0.15, 0.2) is 24.1 Å². The van der Waals surface area contributed by atoms with Crippen molar-refractivity contribution in [3.05, 3.63) is 34.7 Å². The summed E-state index contributed by atoms with van der Waals surface area (Å²) in [6.07, 6.45) is 4.94. The van der Waals surface area contributed by atoms with Crippen molar-refractivity contribution in [1.82, 2.24) is 19.9 Å². The first-order chi connectivity index (χ1) is 10.2. The molecule has 3 heterocycles. The molecule has 1 unspecified atom stereocenters. The number of carbonyl (C=O) groups is 1. The van der Waals surface area contributed by atoms with Gasteiger partial charge in [-0.3, -0.25) is 4.79 Å². The van der Waals surface area contributed by atoms with Crippen molar-refractivity contribution in [3.8, 4) is 5.88 Å². The summed E-state index contributed by atoms with van der Waals surface area (Å²) >= 11 is 1.39. The Morgan fingerprint density at radius 3 is 3.10 bits per heavy atom. The number of rotatable bonds is 3. The SMILES string of the molecule is Cc1ncsc1C(=O)N1CCCC(Oc2ccncn2)C1. The van der Waals surface area contributed by atoms with Crippen LogP contribution in [0.1, 0.15) is 28.2 Å². The van der Waals surface area contributed by atoms with E-state index < -0.39 is 0 Å². The van der Waals surface area contributed by atoms with E-state index in [1.54, 1.807) is 17.8 Å². The zero-order valence-electron chi connectivity index (χ0n) is 11.7. The highest BCUT2D eigenvalue weighted by Crippen LogP contribution is 2.20. The lowest BCUT2D eigenvalue weighted by atomic mass is 10.1. The van der Waals surface area contributed by atoms with E-state index in [-0.39, 0.29) is 12.0 Å². The molecule has 0 bridgehead atoms. The minimum absolute atomic E-state index is 0.0224. The number of hydrogen-bond donors (Lipinski definition) is 0. The third kappa shape index (κ3) is 3.18. The molecule has 1 aliphatic heterocycles. The predicted octanol–water partition coefficient (Wildman–Crippen LogP) is 1.93. The van der Waals surface area contributed by atoms with Gasteiger partial charge < -0.3 is 9.64 Å². The Labute approximate surface area is 126 Å². The topological polar surface area (TPSA) is 68.2 Å². The predicted molar refractivity (Wildman–Crippen MR) is 78.4 cm³/mol. The van der Waals surface area contributed by atoms with E-state index in [4.69, 9.17) is 4.74 Å². The van der Waals surface area contributed by atoms with Crippen LogP contribution in [-0.2, 0) is 0 Å². The monoisotopic (exact) mass is 304 g/mol. The van der Waals surface area contributed by atoms with Gasteiger partial charge in [-0.15, -0.1) is 11.3 Å². The third-order valence-corrected chi connectivity index (χ3v) is 4.36. The zero-order chi connectivity index (χ0) is 14.7. The average molecular weight is 304 g/mol. The van der Waals surface area contributed by atoms with Crippen molar-refractivity contribution in [2.24, 2.45) is 0 Å². The maximum absolute atomic E-state index is 12.5. The van der Waals surface area contributed by atoms with E-state index in [2.05, 4.69) is 15.0 Å². The fourth-order valence-corrected chi connectivity index (χ4v) is 3.16. The van der Waals surface area contributed by atoms with E-state index in [0.29, 0.717) is 12.4 Å². The fraction of sp³-hybridized carbons (Fsp3) is 0.429. The molecule has 110 valence electrons. The Bertz CT molecular complexity index is 616. The van der Waals surface area contributed by atoms with Gasteiger partial charge in [0.2, 0.25) is 5.88 Å². The van der Waals surface area contributed by atoms with E-state index in [0.717, 1.165) is 30.0 Å². The van der Waals surface area contributed by atoms with Gasteiger partial charge in [-0.25, -0.2) is 15.0 Å². The molecule has 6 nitrogen and oxygen atoms in total. The van der Waals surface area contributed by atoms with Crippen LogP contribution in [0.2, 0.25) is 0 Å². The maximum atomic E-state index is 12.5. The highest BCUT2D eigenvalue weighted by Gasteiger charge is 2.27. The summed E-state index contributed by atoms with van der Waals surface area (Å²) in [6, 6.07) is 1.73. The number of hydrogen-bond acceptors (Lipinski definition) is 6. The number of thiazole rings is 1. The Hall–Kier alpha value is -2.02. The largest absolute Gasteiger partial charge is 0.472 e. The lowest BCUT2D eigenvalue weighted by molar-refractivity contribution is 0.0531. The molecule has 0 spiro atoms. The normalized spacial score (nSPS) is 18.5. The molecule has 1 amide bonds. The van der Waals surface area contributed by atoms with Crippen molar-refractivity contribution in [1.29, 1.82) is 0 Å². The Morgan fingerprint density at radius 1 is 1.48 bits per heavy atom. The van der Waals surface area contributed by atoms with Crippen LogP contribution in [0.5, 0.6) is 5.88 Å². The molecule has 3 rings (SSSR count). The summed E-state index contributed by atoms with van der Waals surface area (Å²) in [5.41, 5.74) is 2.50. The van der Waals surface area contributed by atoms with E-state index in [1.165, 1.54) is 17.7 Å². The Morgan fingerprint density at radius 2 is 2.38 bits per heavy atom. The van der Waals surface area contributed by atoms with Crippen LogP contribution in [0.25, 0.3) is 0 Å². The van der Waals surface area contributed by atoms with Gasteiger partial charge in [0, 0.05) is 18.8 Å². The molecule has 2 aromatic rings. The Balaban J connectivity index is 1.66. The average Bonchev–Trinajstić information content (AvgIpc) is 2.94. The number of ether oxygens (including phenoxy) is 1. The van der Waals surface area contributed by atoms with Crippen molar-refractivity contribution in [2.75, 3.05) is 13.1 Å². The number of aromatic nitrogens is 3. The van der Waals surface area contributed by atoms with E-state index in [1.807, 2.05) is 11.8 Å². The third-order valence-electron chi connectivity index (χ3n) is 3.45. The number of amides is 1. The molecule has 1 saturated heterocycles. The second-order valence-corrected chi connectivity index (χ2v) is 5.80. The minimum Gasteiger partial charge on any atom is -0.472 e. The lowest BCUT2D eigenvalue weighted by Gasteiger charge is -2.32. The quantitative estimate of drug-likeness (QED) is 0.866. The molecule has 0 N–H and O–H groups in total. The summed E-state index contributed by atoms with van der Waals surface area (Å²) in [4.78, 5) is 27.1. The summed E-state index contributed by atoms with van der Waals surface area (Å²) in [7, 11) is 0. The highest BCUT2D eigenvalue weighted by molar-refractivity contribution is 7.11. The second kappa shape index (κ2) is 6.17. The molecule has 0 aliphatic carbocycles. The summed E-state index contributed by atoms with van der Waals surface area (Å²) < 4.78 is 5.83. The van der Waals surface area contributed by atoms with Gasteiger partial charge in [0.15, 0.2) is 0 Å². The number of likely N-dealkylation sites (tertiary alicyclic amines) is 1. The highest BCUT2D eigenvalue weighted by atomic mass is 32.1. The van der Waals surface area contributed by atoms with E-state index in [9.17, 15) is 4.79 Å². The zero-order valence-corrected chi connectivity index (χ0v) is 12.5. The molecule has 1 atom stereocenters. The second-order valence-electron chi connectivity index (χ2n) is 4.95. The Kier molecular flexibility index (Phi) is 4.10. The van der Waals surface area contributed by atoms with Gasteiger partial charge in [0.05, 0.1) is 17.7 Å². The number of aryl methyl sites for hydroxylation is 1. The molecule has 0 aromatic carbocycles. The van der Waals surface area contributed by atoms with Crippen LogP contribution in [-0.4, -0.2) is 45.0 Å². The number of piperidine rings is 1. The van der Waals surface area contributed by atoms with Gasteiger partial charge >= 0.3 is 0 Å². The van der Waals surface area contributed by atoms with Crippen LogP contribution in [0.3, 0.4) is 0 Å². The minimum atomic E-state index is -0.0224. The summed E-state index contributed by atoms with van der Waals surface area (Å²) in [5, 5.41) is 0. The van der Waals surface area contributed by atoms with Crippen LogP contribution >= 0.6 is 11.3 Å². The number of carbonyl (C=O) groups excluding carboxylic acids is 1. The molecule has 7 heteroatoms. The van der Waals surface area contributed by atoms with Crippen molar-refractivity contribution in [2.45, 2.75) is 25.9 Å². The molecule has 1 fully saturated rings. The smallest absolute Gasteiger partial charge is 0.265 e. The molecular weight excluding hydrogens is 288 g/mol. The van der Waals surface area contributed by atoms with Crippen molar-refractivity contribution in [3.63, 3.8) is 0 Å². The molecule has 21 heavy (non-hydrogen) atoms. The van der Waals surface area contributed by atoms with Gasteiger partial charge in [0.25, 0.3) is 5.91 Å². The molecule has 0 radical (unpaired) electrons. The van der Waals surface area contributed by atoms with Crippen LogP contribution in [0.4, 0.5) is 0 Å². The summed E-state index contributed by atoms with van der Waals surface area (Å²) in [5.74, 6) is 0.601. The standard InChI is InChI=1S/C14H16N4O2S/c1-10-13(21-9-17-10)14(19)18-6-2-3-11(7-18)20-12-4-5-15-8-16-12/h4-5,8-9,11H,2-3,6-7H2,1H3. The lowest BCUT2D eigenvalue weighted by Crippen LogP contribution is -2.44. The van der Waals surface area contributed by atoms with Gasteiger partial charge in [-0.2, -0.15) is 0 Å². The molecule has 1 aliphatic rings. The van der Waals surface area contributed by atoms with Gasteiger partial charge in [-0.05, 0) is 19.8 Å². The molecular formula is C14H16N4O2S. The van der Waals surface area contributed by atoms with Gasteiger partial charge in [-0.1, -0.05) is 0 Å². The first-order valence-corrected chi connectivity index (χ1v) is 7.74. The maximum Gasteiger partial charge on any atom is 0.265 e. The van der Waals surface area contributed by atoms with Crippen molar-refractivity contribution >= 4 is 17.2 Å². The number of nitrogens with zero attached hydrogens (tertiary/aromatic N) is 4. The van der Waals surface area contributed by atoms with Crippen LogP contribution in [0, 0.1) is 6.92 Å².